The van der Waals surface area contributed by atoms with Gasteiger partial charge in [-0.2, -0.15) is 0 Å². The minimum absolute atomic E-state index is 0.240. The minimum atomic E-state index is -0.720. The van der Waals surface area contributed by atoms with E-state index < -0.39 is 10.8 Å². The van der Waals surface area contributed by atoms with E-state index in [1.165, 1.54) is 0 Å². The normalized spacial score (nSPS) is 13.8. The Hall–Kier alpha value is -1.07. The van der Waals surface area contributed by atoms with Gasteiger partial charge in [0.2, 0.25) is 0 Å². The van der Waals surface area contributed by atoms with E-state index in [9.17, 15) is 4.21 Å². The molecule has 0 spiro atoms. The third-order valence-electron chi connectivity index (χ3n) is 3.26. The Morgan fingerprint density at radius 2 is 1.90 bits per heavy atom. The zero-order valence-electron chi connectivity index (χ0n) is 12.8. The van der Waals surface area contributed by atoms with Crippen LogP contribution in [0.25, 0.3) is 0 Å². The van der Waals surface area contributed by atoms with Crippen molar-refractivity contribution in [1.82, 2.24) is 5.32 Å². The van der Waals surface area contributed by atoms with E-state index in [0.717, 1.165) is 35.8 Å². The molecule has 114 valence electrons. The fraction of sp³-hybridized carbons (Fsp3) is 0.600. The molecule has 1 N–H and O–H groups in total. The molecule has 20 heavy (non-hydrogen) atoms. The van der Waals surface area contributed by atoms with E-state index in [1.807, 2.05) is 25.1 Å². The summed E-state index contributed by atoms with van der Waals surface area (Å²) >= 11 is 0. The van der Waals surface area contributed by atoms with Gasteiger partial charge in [0.05, 0.1) is 14.2 Å². The van der Waals surface area contributed by atoms with Crippen molar-refractivity contribution in [3.05, 3.63) is 23.8 Å². The van der Waals surface area contributed by atoms with Crippen LogP contribution in [0.15, 0.2) is 18.2 Å². The molecule has 2 atom stereocenters. The minimum Gasteiger partial charge on any atom is -0.493 e. The van der Waals surface area contributed by atoms with Crippen LogP contribution in [0.3, 0.4) is 0 Å². The van der Waals surface area contributed by atoms with Gasteiger partial charge in [-0.15, -0.1) is 0 Å². The van der Waals surface area contributed by atoms with Gasteiger partial charge in [0.1, 0.15) is 0 Å². The van der Waals surface area contributed by atoms with Crippen molar-refractivity contribution in [2.45, 2.75) is 26.3 Å². The highest BCUT2D eigenvalue weighted by Crippen LogP contribution is 2.30. The lowest BCUT2D eigenvalue weighted by molar-refractivity contribution is 0.353. The molecule has 0 heterocycles. The highest BCUT2D eigenvalue weighted by molar-refractivity contribution is 7.84. The van der Waals surface area contributed by atoms with Crippen molar-refractivity contribution in [3.8, 4) is 11.5 Å². The van der Waals surface area contributed by atoms with Gasteiger partial charge in [0, 0.05) is 34.9 Å². The molecule has 0 bridgehead atoms. The van der Waals surface area contributed by atoms with E-state index in [2.05, 4.69) is 12.2 Å². The summed E-state index contributed by atoms with van der Waals surface area (Å²) in [6.45, 7) is 4.83. The molecule has 0 aliphatic carbocycles. The predicted octanol–water partition coefficient (Wildman–Crippen LogP) is 2.51. The lowest BCUT2D eigenvalue weighted by Crippen LogP contribution is -2.25. The van der Waals surface area contributed by atoms with Gasteiger partial charge in [-0.1, -0.05) is 19.9 Å². The summed E-state index contributed by atoms with van der Waals surface area (Å²) in [7, 11) is 2.55. The molecule has 0 radical (unpaired) electrons. The van der Waals surface area contributed by atoms with Gasteiger partial charge in [-0.05, 0) is 24.1 Å². The number of hydrogen-bond donors (Lipinski definition) is 1. The topological polar surface area (TPSA) is 47.6 Å². The monoisotopic (exact) mass is 299 g/mol. The number of nitrogens with one attached hydrogen (secondary N) is 1. The molecule has 0 aromatic heterocycles. The second kappa shape index (κ2) is 8.97. The molecule has 0 aliphatic rings. The summed E-state index contributed by atoms with van der Waals surface area (Å²) in [6.07, 6.45) is 0.967. The molecule has 0 amide bonds. The second-order valence-corrected chi connectivity index (χ2v) is 6.33. The molecule has 0 fully saturated rings. The Balaban J connectivity index is 2.71. The SMILES string of the molecule is CCC(NCCS(=O)CC)c1ccc(OC)c(OC)c1. The van der Waals surface area contributed by atoms with Gasteiger partial charge in [-0.25, -0.2) is 0 Å². The zero-order valence-corrected chi connectivity index (χ0v) is 13.6. The van der Waals surface area contributed by atoms with Crippen LogP contribution in [0, 0.1) is 0 Å². The van der Waals surface area contributed by atoms with E-state index in [1.54, 1.807) is 14.2 Å². The van der Waals surface area contributed by atoms with Gasteiger partial charge in [-0.3, -0.25) is 4.21 Å². The maximum atomic E-state index is 11.4. The van der Waals surface area contributed by atoms with Gasteiger partial charge >= 0.3 is 0 Å². The maximum Gasteiger partial charge on any atom is 0.161 e. The molecule has 1 aromatic carbocycles. The second-order valence-electron chi connectivity index (χ2n) is 4.46. The summed E-state index contributed by atoms with van der Waals surface area (Å²) in [4.78, 5) is 0. The van der Waals surface area contributed by atoms with Gasteiger partial charge in [0.15, 0.2) is 11.5 Å². The van der Waals surface area contributed by atoms with Crippen molar-refractivity contribution in [2.24, 2.45) is 0 Å². The molecule has 2 unspecified atom stereocenters. The molecule has 4 nitrogen and oxygen atoms in total. The lowest BCUT2D eigenvalue weighted by Gasteiger charge is -2.19. The first-order valence-electron chi connectivity index (χ1n) is 6.96. The average molecular weight is 299 g/mol. The average Bonchev–Trinajstić information content (AvgIpc) is 2.50. The van der Waals surface area contributed by atoms with Crippen molar-refractivity contribution in [1.29, 1.82) is 0 Å². The van der Waals surface area contributed by atoms with E-state index in [4.69, 9.17) is 9.47 Å². The van der Waals surface area contributed by atoms with Crippen LogP contribution in [-0.2, 0) is 10.8 Å². The van der Waals surface area contributed by atoms with Crippen molar-refractivity contribution in [2.75, 3.05) is 32.3 Å². The lowest BCUT2D eigenvalue weighted by atomic mass is 10.0. The summed E-state index contributed by atoms with van der Waals surface area (Å²) in [5, 5.41) is 3.45. The van der Waals surface area contributed by atoms with E-state index >= 15 is 0 Å². The summed E-state index contributed by atoms with van der Waals surface area (Å²) in [6, 6.07) is 6.20. The first-order chi connectivity index (χ1) is 9.65. The highest BCUT2D eigenvalue weighted by Gasteiger charge is 2.12. The molecule has 5 heteroatoms. The fourth-order valence-electron chi connectivity index (χ4n) is 2.06. The summed E-state index contributed by atoms with van der Waals surface area (Å²) in [5.41, 5.74) is 1.16. The van der Waals surface area contributed by atoms with Crippen molar-refractivity contribution in [3.63, 3.8) is 0 Å². The Labute approximate surface area is 124 Å². The molecule has 1 aromatic rings. The highest BCUT2D eigenvalue weighted by atomic mass is 32.2. The molecule has 0 saturated heterocycles. The summed E-state index contributed by atoms with van der Waals surface area (Å²) in [5.74, 6) is 2.88. The van der Waals surface area contributed by atoms with Crippen LogP contribution in [0.4, 0.5) is 0 Å². The molecule has 1 rings (SSSR count). The summed E-state index contributed by atoms with van der Waals surface area (Å²) < 4.78 is 22.0. The zero-order chi connectivity index (χ0) is 15.0. The fourth-order valence-corrected chi connectivity index (χ4v) is 2.69. The smallest absolute Gasteiger partial charge is 0.161 e. The van der Waals surface area contributed by atoms with Crippen LogP contribution >= 0.6 is 0 Å². The Morgan fingerprint density at radius 3 is 2.45 bits per heavy atom. The van der Waals surface area contributed by atoms with Crippen molar-refractivity contribution < 1.29 is 13.7 Å². The number of benzene rings is 1. The van der Waals surface area contributed by atoms with Crippen LogP contribution in [0.2, 0.25) is 0 Å². The van der Waals surface area contributed by atoms with Crippen LogP contribution in [0.1, 0.15) is 31.9 Å². The molecule has 0 saturated carbocycles. The first-order valence-corrected chi connectivity index (χ1v) is 8.45. The van der Waals surface area contributed by atoms with Crippen LogP contribution < -0.4 is 14.8 Å². The van der Waals surface area contributed by atoms with Gasteiger partial charge < -0.3 is 14.8 Å². The third kappa shape index (κ3) is 4.80. The van der Waals surface area contributed by atoms with Crippen LogP contribution in [-0.4, -0.2) is 36.5 Å². The standard InChI is InChI=1S/C15H25NO3S/c1-5-13(16-9-10-20(17)6-2)12-7-8-14(18-3)15(11-12)19-4/h7-8,11,13,16H,5-6,9-10H2,1-4H3. The molecule has 0 aliphatic heterocycles. The number of ether oxygens (including phenoxy) is 2. The van der Waals surface area contributed by atoms with E-state index in [0.29, 0.717) is 5.75 Å². The molecular weight excluding hydrogens is 274 g/mol. The van der Waals surface area contributed by atoms with Crippen LogP contribution in [0.5, 0.6) is 11.5 Å². The van der Waals surface area contributed by atoms with Crippen molar-refractivity contribution >= 4 is 10.8 Å². The number of rotatable bonds is 9. The number of hydrogen-bond acceptors (Lipinski definition) is 4. The predicted molar refractivity (Wildman–Crippen MR) is 84.1 cm³/mol. The maximum absolute atomic E-state index is 11.4. The Bertz CT molecular complexity index is 437. The quantitative estimate of drug-likeness (QED) is 0.761. The third-order valence-corrected chi connectivity index (χ3v) is 4.56. The van der Waals surface area contributed by atoms with Gasteiger partial charge in [0.25, 0.3) is 0 Å². The first kappa shape index (κ1) is 17.0. The molecular formula is C15H25NO3S. The number of methoxy groups -OCH3 is 2. The Kier molecular flexibility index (Phi) is 7.62. The largest absolute Gasteiger partial charge is 0.493 e. The Morgan fingerprint density at radius 1 is 1.20 bits per heavy atom. The van der Waals surface area contributed by atoms with E-state index in [-0.39, 0.29) is 6.04 Å².